The highest BCUT2D eigenvalue weighted by Crippen LogP contribution is 2.16. The molecule has 0 aliphatic rings. The summed E-state index contributed by atoms with van der Waals surface area (Å²) in [5, 5.41) is 34.0. The van der Waals surface area contributed by atoms with Crippen LogP contribution in [0.1, 0.15) is 400 Å². The van der Waals surface area contributed by atoms with Crippen molar-refractivity contribution in [3.63, 3.8) is 0 Å². The Kier molecular flexibility index (Phi) is 82.4. The second-order valence-corrected chi connectivity index (χ2v) is 22.9. The lowest BCUT2D eigenvalue weighted by molar-refractivity contribution is -0.138. The van der Waals surface area contributed by atoms with Crippen molar-refractivity contribution in [2.75, 3.05) is 0 Å². The summed E-state index contributed by atoms with van der Waals surface area (Å²) in [7, 11) is 0. The molecule has 4 N–H and O–H groups in total. The van der Waals surface area contributed by atoms with Crippen LogP contribution >= 0.6 is 0 Å². The fraction of sp³-hybridized carbons (Fsp3) is 0.886. The predicted octanol–water partition coefficient (Wildman–Crippen LogP) is 24.1. The molecule has 0 aromatic rings. The molecule has 0 spiro atoms. The highest BCUT2D eigenvalue weighted by molar-refractivity contribution is 5.67. The number of hydrogen-bond acceptors (Lipinski definition) is 4. The van der Waals surface area contributed by atoms with Crippen LogP contribution in [0.15, 0.2) is 24.3 Å². The minimum absolute atomic E-state index is 0.331. The summed E-state index contributed by atoms with van der Waals surface area (Å²) in [6, 6.07) is 0. The topological polar surface area (TPSA) is 149 Å². The second kappa shape index (κ2) is 78.6. The van der Waals surface area contributed by atoms with Crippen LogP contribution in [0.25, 0.3) is 0 Å². The van der Waals surface area contributed by atoms with Crippen molar-refractivity contribution in [3.05, 3.63) is 24.3 Å². The van der Waals surface area contributed by atoms with Gasteiger partial charge in [-0.25, -0.2) is 0 Å². The first-order valence-electron chi connectivity index (χ1n) is 34.3. The number of hydrogen-bond donors (Lipinski definition) is 4. The van der Waals surface area contributed by atoms with Crippen molar-refractivity contribution in [1.29, 1.82) is 0 Å². The number of carboxylic acids is 4. The maximum absolute atomic E-state index is 10.3. The number of carbonyl (C=O) groups is 4. The highest BCUT2D eigenvalue weighted by Gasteiger charge is 2.01. The maximum atomic E-state index is 10.3. The molecule has 0 aromatic heterocycles. The zero-order valence-electron chi connectivity index (χ0n) is 52.7. The minimum Gasteiger partial charge on any atom is -0.481 e. The summed E-state index contributed by atoms with van der Waals surface area (Å²) in [5.41, 5.74) is 0. The van der Waals surface area contributed by atoms with Gasteiger partial charge in [0.15, 0.2) is 0 Å². The molecule has 0 saturated carbocycles. The Morgan fingerprint density at radius 1 is 0.192 bits per heavy atom. The molecule has 0 atom stereocenters. The van der Waals surface area contributed by atoms with Gasteiger partial charge in [-0.1, -0.05) is 322 Å². The smallest absolute Gasteiger partial charge is 0.303 e. The van der Waals surface area contributed by atoms with Crippen molar-refractivity contribution in [1.82, 2.24) is 0 Å². The fourth-order valence-corrected chi connectivity index (χ4v) is 9.64. The van der Waals surface area contributed by atoms with Crippen LogP contribution in [0.4, 0.5) is 0 Å². The molecule has 0 bridgehead atoms. The van der Waals surface area contributed by atoms with Gasteiger partial charge in [0.05, 0.1) is 0 Å². The lowest BCUT2D eigenvalue weighted by atomic mass is 10.0. The molecular formula is C70H136O8. The predicted molar refractivity (Wildman–Crippen MR) is 339 cm³/mol. The van der Waals surface area contributed by atoms with E-state index in [1.807, 2.05) is 0 Å². The normalized spacial score (nSPS) is 11.0. The van der Waals surface area contributed by atoms with Gasteiger partial charge in [0, 0.05) is 25.7 Å². The van der Waals surface area contributed by atoms with Crippen LogP contribution in [0.3, 0.4) is 0 Å². The largest absolute Gasteiger partial charge is 0.481 e. The van der Waals surface area contributed by atoms with Crippen LogP contribution in [-0.4, -0.2) is 44.3 Å². The van der Waals surface area contributed by atoms with E-state index < -0.39 is 23.9 Å². The summed E-state index contributed by atoms with van der Waals surface area (Å²) in [6.45, 7) is 9.05. The number of rotatable bonds is 60. The lowest BCUT2D eigenvalue weighted by Crippen LogP contribution is -1.93. The van der Waals surface area contributed by atoms with Gasteiger partial charge in [0.1, 0.15) is 0 Å². The Morgan fingerprint density at radius 3 is 0.436 bits per heavy atom. The first-order chi connectivity index (χ1) is 38.1. The Bertz CT molecular complexity index is 1210. The summed E-state index contributed by atoms with van der Waals surface area (Å²) < 4.78 is 0. The van der Waals surface area contributed by atoms with Gasteiger partial charge < -0.3 is 20.4 Å². The number of aliphatic carboxylic acids is 4. The van der Waals surface area contributed by atoms with E-state index in [1.165, 1.54) is 295 Å². The molecule has 8 nitrogen and oxygen atoms in total. The van der Waals surface area contributed by atoms with E-state index in [4.69, 9.17) is 20.4 Å². The van der Waals surface area contributed by atoms with Crippen molar-refractivity contribution in [3.8, 4) is 0 Å². The molecule has 0 radical (unpaired) electrons. The summed E-state index contributed by atoms with van der Waals surface area (Å²) in [5.74, 6) is -2.64. The third kappa shape index (κ3) is 95.7. The Balaban J connectivity index is -0.000000468. The molecule has 0 rings (SSSR count). The third-order valence-electron chi connectivity index (χ3n) is 14.8. The van der Waals surface area contributed by atoms with Crippen LogP contribution < -0.4 is 0 Å². The zero-order valence-corrected chi connectivity index (χ0v) is 52.7. The second-order valence-electron chi connectivity index (χ2n) is 22.9. The molecule has 8 heteroatoms. The van der Waals surface area contributed by atoms with Crippen LogP contribution in [-0.2, 0) is 19.2 Å². The summed E-state index contributed by atoms with van der Waals surface area (Å²) in [6.07, 6.45) is 79.9. The van der Waals surface area contributed by atoms with Gasteiger partial charge in [0.25, 0.3) is 0 Å². The van der Waals surface area contributed by atoms with E-state index in [9.17, 15) is 19.2 Å². The molecule has 464 valence electrons. The van der Waals surface area contributed by atoms with E-state index in [0.717, 1.165) is 51.4 Å². The molecule has 0 fully saturated rings. The number of carboxylic acid groups (broad SMARTS) is 4. The van der Waals surface area contributed by atoms with Crippen LogP contribution in [0, 0.1) is 0 Å². The molecule has 0 aliphatic carbocycles. The van der Waals surface area contributed by atoms with Crippen molar-refractivity contribution in [2.45, 2.75) is 400 Å². The van der Waals surface area contributed by atoms with Gasteiger partial charge in [-0.15, -0.1) is 0 Å². The Hall–Kier alpha value is -2.64. The fourth-order valence-electron chi connectivity index (χ4n) is 9.64. The summed E-state index contributed by atoms with van der Waals surface area (Å²) in [4.78, 5) is 41.3. The van der Waals surface area contributed by atoms with E-state index >= 15 is 0 Å². The molecule has 0 aliphatic heterocycles. The monoisotopic (exact) mass is 1110 g/mol. The van der Waals surface area contributed by atoms with E-state index in [0.29, 0.717) is 25.7 Å². The van der Waals surface area contributed by atoms with Crippen LogP contribution in [0.2, 0.25) is 0 Å². The van der Waals surface area contributed by atoms with Gasteiger partial charge in [-0.2, -0.15) is 0 Å². The molecular weight excluding hydrogens is 969 g/mol. The lowest BCUT2D eigenvalue weighted by Gasteiger charge is -2.03. The van der Waals surface area contributed by atoms with Gasteiger partial charge in [-0.05, 0) is 77.0 Å². The highest BCUT2D eigenvalue weighted by atomic mass is 16.4. The molecule has 0 heterocycles. The van der Waals surface area contributed by atoms with Crippen molar-refractivity contribution < 1.29 is 39.6 Å². The number of unbranched alkanes of at least 4 members (excludes halogenated alkanes) is 48. The zero-order chi connectivity index (χ0) is 58.2. The average Bonchev–Trinajstić information content (AvgIpc) is 3.41. The van der Waals surface area contributed by atoms with Crippen molar-refractivity contribution >= 4 is 23.9 Å². The first kappa shape index (κ1) is 81.8. The number of allylic oxidation sites excluding steroid dienone is 4. The first-order valence-corrected chi connectivity index (χ1v) is 34.3. The molecule has 0 aromatic carbocycles. The van der Waals surface area contributed by atoms with Gasteiger partial charge >= 0.3 is 23.9 Å². The Labute approximate surface area is 485 Å². The SMILES string of the molecule is CCCCCCC/C=C\CCCCCCCC(=O)O.CCCCCCCC/C=C/CCCCCCCC(=O)O.CCCCCCCCCCCCCCCCC(=O)O.CCCCCCCCCCCCCCCCCC(=O)O. The molecule has 0 saturated heterocycles. The third-order valence-corrected chi connectivity index (χ3v) is 14.8. The van der Waals surface area contributed by atoms with E-state index in [1.54, 1.807) is 0 Å². The maximum Gasteiger partial charge on any atom is 0.303 e. The van der Waals surface area contributed by atoms with Gasteiger partial charge in [-0.3, -0.25) is 19.2 Å². The van der Waals surface area contributed by atoms with Gasteiger partial charge in [0.2, 0.25) is 0 Å². The minimum atomic E-state index is -0.665. The van der Waals surface area contributed by atoms with Crippen LogP contribution in [0.5, 0.6) is 0 Å². The van der Waals surface area contributed by atoms with E-state index in [-0.39, 0.29) is 0 Å². The van der Waals surface area contributed by atoms with E-state index in [2.05, 4.69) is 52.0 Å². The quantitative estimate of drug-likeness (QED) is 0.0347. The summed E-state index contributed by atoms with van der Waals surface area (Å²) >= 11 is 0. The van der Waals surface area contributed by atoms with Crippen molar-refractivity contribution in [2.24, 2.45) is 0 Å². The molecule has 78 heavy (non-hydrogen) atoms. The molecule has 0 unspecified atom stereocenters. The average molecular weight is 1110 g/mol. The standard InChI is InChI=1S/C18H36O2.C18H34O2.C17H34O2.C17H32O2/c2*1-2-3-4-5-6-7-8-9-10-11-12-13-14-15-16-17-18(19)20;2*1-2-3-4-5-6-7-8-9-10-11-12-13-14-15-16-17(18)19/h2-17H2,1H3,(H,19,20);9-10H,2-8,11-17H2,1H3,(H,19,20);2-16H2,1H3,(H,18,19);8-9H,2-7,10-16H2,1H3,(H,18,19)/b;10-9+;;9-8-. The molecule has 0 amide bonds. The Morgan fingerprint density at radius 2 is 0.308 bits per heavy atom.